The first kappa shape index (κ1) is 20.7. The predicted molar refractivity (Wildman–Crippen MR) is 112 cm³/mol. The average molecular weight is 424 g/mol. The molecule has 0 radical (unpaired) electrons. The Labute approximate surface area is 178 Å². The van der Waals surface area contributed by atoms with Crippen molar-refractivity contribution in [1.29, 1.82) is 0 Å². The van der Waals surface area contributed by atoms with Crippen molar-refractivity contribution in [1.82, 2.24) is 15.1 Å². The summed E-state index contributed by atoms with van der Waals surface area (Å²) in [5.74, 6) is -1.78. The number of benzene rings is 2. The Balaban J connectivity index is 1.53. The number of aromatic nitrogens is 2. The minimum Gasteiger partial charge on any atom is -0.345 e. The number of carbonyl (C=O) groups excluding carboxylic acids is 2. The zero-order valence-corrected chi connectivity index (χ0v) is 17.2. The van der Waals surface area contributed by atoms with Crippen LogP contribution in [0.4, 0.5) is 14.5 Å². The highest BCUT2D eigenvalue weighted by molar-refractivity contribution is 6.00. The number of nitrogens with one attached hydrogen (secondary N) is 1. The number of aryl methyl sites for hydroxylation is 1. The Morgan fingerprint density at radius 2 is 1.90 bits per heavy atom. The smallest absolute Gasteiger partial charge is 0.255 e. The molecule has 160 valence electrons. The van der Waals surface area contributed by atoms with Crippen LogP contribution < -0.4 is 10.2 Å². The summed E-state index contributed by atoms with van der Waals surface area (Å²) < 4.78 is 28.9. The van der Waals surface area contributed by atoms with Gasteiger partial charge in [-0.3, -0.25) is 14.3 Å². The first-order valence-corrected chi connectivity index (χ1v) is 10.0. The molecule has 31 heavy (non-hydrogen) atoms. The van der Waals surface area contributed by atoms with Gasteiger partial charge in [-0.2, -0.15) is 5.10 Å². The first-order valence-electron chi connectivity index (χ1n) is 10.0. The monoisotopic (exact) mass is 424 g/mol. The summed E-state index contributed by atoms with van der Waals surface area (Å²) in [4.78, 5) is 26.6. The molecule has 0 aliphatic carbocycles. The van der Waals surface area contributed by atoms with Gasteiger partial charge in [0, 0.05) is 43.5 Å². The van der Waals surface area contributed by atoms with Crippen molar-refractivity contribution in [3.05, 3.63) is 71.4 Å². The van der Waals surface area contributed by atoms with Crippen molar-refractivity contribution < 1.29 is 18.4 Å². The number of hydrogen-bond donors (Lipinski definition) is 1. The largest absolute Gasteiger partial charge is 0.345 e. The summed E-state index contributed by atoms with van der Waals surface area (Å²) in [6, 6.07) is 10.3. The normalized spacial score (nSPS) is 14.7. The molecule has 1 unspecified atom stereocenters. The number of anilines is 1. The number of nitrogens with zero attached hydrogens (tertiary/aromatic N) is 3. The van der Waals surface area contributed by atoms with Gasteiger partial charge >= 0.3 is 0 Å². The molecule has 0 spiro atoms. The third-order valence-electron chi connectivity index (χ3n) is 5.39. The van der Waals surface area contributed by atoms with E-state index in [0.717, 1.165) is 29.8 Å². The van der Waals surface area contributed by atoms with Crippen molar-refractivity contribution in [3.63, 3.8) is 0 Å². The van der Waals surface area contributed by atoms with Gasteiger partial charge in [-0.1, -0.05) is 12.1 Å². The van der Waals surface area contributed by atoms with Gasteiger partial charge in [0.2, 0.25) is 5.91 Å². The van der Waals surface area contributed by atoms with E-state index in [1.54, 1.807) is 11.9 Å². The summed E-state index contributed by atoms with van der Waals surface area (Å²) >= 11 is 0. The van der Waals surface area contributed by atoms with Crippen LogP contribution >= 0.6 is 0 Å². The molecule has 0 bridgehead atoms. The Morgan fingerprint density at radius 3 is 2.55 bits per heavy atom. The number of rotatable bonds is 5. The molecule has 2 heterocycles. The van der Waals surface area contributed by atoms with E-state index < -0.39 is 17.5 Å². The fourth-order valence-electron chi connectivity index (χ4n) is 3.76. The van der Waals surface area contributed by atoms with Crippen LogP contribution in [0.3, 0.4) is 0 Å². The van der Waals surface area contributed by atoms with Gasteiger partial charge in [0.15, 0.2) is 0 Å². The van der Waals surface area contributed by atoms with E-state index in [2.05, 4.69) is 10.4 Å². The standard InChI is InChI=1S/C23H22F2N4O2/c1-14(15-5-8-17(9-6-15)29-11-3-4-21(29)30)26-23(31)19-13-28(2)27-22(19)18-10-7-16(24)12-20(18)25/h5-10,12-14H,3-4,11H2,1-2H3,(H,26,31). The molecular formula is C23H22F2N4O2. The molecule has 0 saturated carbocycles. The first-order chi connectivity index (χ1) is 14.8. The van der Waals surface area contributed by atoms with E-state index in [-0.39, 0.29) is 28.8 Å². The third-order valence-corrected chi connectivity index (χ3v) is 5.39. The lowest BCUT2D eigenvalue weighted by Gasteiger charge is -2.18. The molecule has 1 fully saturated rings. The van der Waals surface area contributed by atoms with Gasteiger partial charge in [-0.25, -0.2) is 8.78 Å². The quantitative estimate of drug-likeness (QED) is 0.674. The van der Waals surface area contributed by atoms with E-state index in [1.165, 1.54) is 16.9 Å². The molecule has 2 aromatic carbocycles. The summed E-state index contributed by atoms with van der Waals surface area (Å²) in [5.41, 5.74) is 2.10. The minimum absolute atomic E-state index is 0.0550. The molecule has 8 heteroatoms. The predicted octanol–water partition coefficient (Wildman–Crippen LogP) is 3.98. The zero-order valence-electron chi connectivity index (χ0n) is 17.2. The van der Waals surface area contributed by atoms with Gasteiger partial charge < -0.3 is 10.2 Å². The van der Waals surface area contributed by atoms with Crippen LogP contribution in [0.1, 0.15) is 41.7 Å². The number of hydrogen-bond acceptors (Lipinski definition) is 3. The number of carbonyl (C=O) groups is 2. The third kappa shape index (κ3) is 4.19. The van der Waals surface area contributed by atoms with Gasteiger partial charge in [-0.15, -0.1) is 0 Å². The molecule has 2 amide bonds. The van der Waals surface area contributed by atoms with E-state index in [1.807, 2.05) is 31.2 Å². The topological polar surface area (TPSA) is 67.2 Å². The maximum absolute atomic E-state index is 14.3. The van der Waals surface area contributed by atoms with Crippen LogP contribution in [0.5, 0.6) is 0 Å². The Kier molecular flexibility index (Phi) is 5.54. The Morgan fingerprint density at radius 1 is 1.16 bits per heavy atom. The molecule has 1 aromatic heterocycles. The van der Waals surface area contributed by atoms with Crippen LogP contribution in [0.15, 0.2) is 48.7 Å². The highest BCUT2D eigenvalue weighted by Gasteiger charge is 2.23. The van der Waals surface area contributed by atoms with Crippen LogP contribution in [-0.4, -0.2) is 28.1 Å². The highest BCUT2D eigenvalue weighted by Crippen LogP contribution is 2.27. The Hall–Kier alpha value is -3.55. The lowest BCUT2D eigenvalue weighted by molar-refractivity contribution is -0.117. The van der Waals surface area contributed by atoms with Gasteiger partial charge in [-0.05, 0) is 43.2 Å². The molecular weight excluding hydrogens is 402 g/mol. The molecule has 1 saturated heterocycles. The second kappa shape index (κ2) is 8.29. The van der Waals surface area contributed by atoms with Gasteiger partial charge in [0.05, 0.1) is 11.6 Å². The number of halogens is 2. The second-order valence-electron chi connectivity index (χ2n) is 7.62. The summed E-state index contributed by atoms with van der Waals surface area (Å²) in [5, 5.41) is 7.09. The van der Waals surface area contributed by atoms with Crippen molar-refractivity contribution in [3.8, 4) is 11.3 Å². The highest BCUT2D eigenvalue weighted by atomic mass is 19.1. The SMILES string of the molecule is CC(NC(=O)c1cn(C)nc1-c1ccc(F)cc1F)c1ccc(N2CCCC2=O)cc1. The van der Waals surface area contributed by atoms with Crippen LogP contribution in [0.2, 0.25) is 0 Å². The fourth-order valence-corrected chi connectivity index (χ4v) is 3.76. The van der Waals surface area contributed by atoms with Crippen molar-refractivity contribution in [2.45, 2.75) is 25.8 Å². The van der Waals surface area contributed by atoms with Crippen molar-refractivity contribution >= 4 is 17.5 Å². The fraction of sp³-hybridized carbons (Fsp3) is 0.261. The van der Waals surface area contributed by atoms with Crippen LogP contribution in [-0.2, 0) is 11.8 Å². The lowest BCUT2D eigenvalue weighted by atomic mass is 10.0. The molecule has 1 aliphatic rings. The van der Waals surface area contributed by atoms with Gasteiger partial charge in [0.25, 0.3) is 5.91 Å². The van der Waals surface area contributed by atoms with E-state index >= 15 is 0 Å². The van der Waals surface area contributed by atoms with E-state index in [0.29, 0.717) is 13.0 Å². The van der Waals surface area contributed by atoms with Crippen LogP contribution in [0.25, 0.3) is 11.3 Å². The minimum atomic E-state index is -0.784. The molecule has 4 rings (SSSR count). The number of amides is 2. The molecule has 3 aromatic rings. The summed E-state index contributed by atoms with van der Waals surface area (Å²) in [6.45, 7) is 2.55. The van der Waals surface area contributed by atoms with E-state index in [4.69, 9.17) is 0 Å². The molecule has 1 atom stereocenters. The summed E-state index contributed by atoms with van der Waals surface area (Å²) in [6.07, 6.45) is 2.92. The molecule has 1 aliphatic heterocycles. The van der Waals surface area contributed by atoms with E-state index in [9.17, 15) is 18.4 Å². The van der Waals surface area contributed by atoms with Crippen LogP contribution in [0, 0.1) is 11.6 Å². The zero-order chi connectivity index (χ0) is 22.1. The maximum atomic E-state index is 14.3. The molecule has 1 N–H and O–H groups in total. The second-order valence-corrected chi connectivity index (χ2v) is 7.62. The average Bonchev–Trinajstić information content (AvgIpc) is 3.33. The Bertz CT molecular complexity index is 1140. The van der Waals surface area contributed by atoms with Gasteiger partial charge in [0.1, 0.15) is 17.3 Å². The maximum Gasteiger partial charge on any atom is 0.255 e. The van der Waals surface area contributed by atoms with Crippen molar-refractivity contribution in [2.24, 2.45) is 7.05 Å². The molecule has 6 nitrogen and oxygen atoms in total. The van der Waals surface area contributed by atoms with Crippen molar-refractivity contribution in [2.75, 3.05) is 11.4 Å². The lowest BCUT2D eigenvalue weighted by Crippen LogP contribution is -2.27. The summed E-state index contributed by atoms with van der Waals surface area (Å²) in [7, 11) is 1.63.